The molecule has 0 bridgehead atoms. The summed E-state index contributed by atoms with van der Waals surface area (Å²) in [6.45, 7) is 4.58. The zero-order valence-electron chi connectivity index (χ0n) is 29.1. The summed E-state index contributed by atoms with van der Waals surface area (Å²) in [6.07, 6.45) is 0.499. The lowest BCUT2D eigenvalue weighted by Gasteiger charge is -2.30. The molecule has 0 fully saturated rings. The number of nitrogens with zero attached hydrogens (tertiary/aromatic N) is 2. The number of para-hydroxylation sites is 1. The number of carbonyl (C=O) groups excluding carboxylic acids is 2. The molecule has 52 heavy (non-hydrogen) atoms. The van der Waals surface area contributed by atoms with Gasteiger partial charge in [0.2, 0.25) is 0 Å². The maximum atomic E-state index is 13.1. The van der Waals surface area contributed by atoms with Crippen molar-refractivity contribution >= 4 is 33.6 Å². The normalized spacial score (nSPS) is 16.0. The number of β-amino-alcohol motifs (C(OH)–C–C–N with tert-alkyl or cyclic N) is 2. The van der Waals surface area contributed by atoms with Gasteiger partial charge in [0.05, 0.1) is 12.2 Å². The lowest BCUT2D eigenvalue weighted by molar-refractivity contribution is 0.0837. The predicted molar refractivity (Wildman–Crippen MR) is 203 cm³/mol. The van der Waals surface area contributed by atoms with E-state index in [9.17, 15) is 19.8 Å². The third-order valence-corrected chi connectivity index (χ3v) is 10.4. The van der Waals surface area contributed by atoms with Crippen molar-refractivity contribution in [1.29, 1.82) is 0 Å². The molecule has 4 heterocycles. The zero-order valence-corrected chi connectivity index (χ0v) is 29.1. The van der Waals surface area contributed by atoms with E-state index in [1.54, 1.807) is 0 Å². The molecule has 0 saturated heterocycles. The largest absolute Gasteiger partial charge is 0.390 e. The third kappa shape index (κ3) is 7.51. The summed E-state index contributed by atoms with van der Waals surface area (Å²) < 4.78 is 0. The molecule has 0 radical (unpaired) electrons. The fourth-order valence-corrected chi connectivity index (χ4v) is 7.62. The van der Waals surface area contributed by atoms with E-state index in [4.69, 9.17) is 0 Å². The molecule has 10 heteroatoms. The summed E-state index contributed by atoms with van der Waals surface area (Å²) in [6, 6.07) is 32.2. The summed E-state index contributed by atoms with van der Waals surface area (Å²) in [5, 5.41) is 29.2. The molecule has 2 atom stereocenters. The number of amides is 2. The van der Waals surface area contributed by atoms with E-state index in [1.165, 1.54) is 22.3 Å². The van der Waals surface area contributed by atoms with Crippen LogP contribution in [0.4, 0.5) is 0 Å². The van der Waals surface area contributed by atoms with Crippen molar-refractivity contribution in [3.05, 3.63) is 131 Å². The highest BCUT2D eigenvalue weighted by Gasteiger charge is 2.22. The molecular weight excluding hydrogens is 652 g/mol. The molecule has 0 saturated carbocycles. The van der Waals surface area contributed by atoms with Crippen LogP contribution in [0.25, 0.3) is 33.1 Å². The van der Waals surface area contributed by atoms with Gasteiger partial charge in [0.15, 0.2) is 0 Å². The van der Waals surface area contributed by atoms with Crippen LogP contribution in [0, 0.1) is 0 Å². The van der Waals surface area contributed by atoms with Gasteiger partial charge in [0, 0.05) is 85.4 Å². The first-order valence-electron chi connectivity index (χ1n) is 18.1. The number of aliphatic hydroxyl groups is 2. The van der Waals surface area contributed by atoms with E-state index in [2.05, 4.69) is 78.9 Å². The van der Waals surface area contributed by atoms with Crippen LogP contribution in [0.5, 0.6) is 0 Å². The fourth-order valence-electron chi connectivity index (χ4n) is 7.62. The van der Waals surface area contributed by atoms with Crippen molar-refractivity contribution in [2.45, 2.75) is 38.1 Å². The highest BCUT2D eigenvalue weighted by Crippen LogP contribution is 2.29. The van der Waals surface area contributed by atoms with Gasteiger partial charge in [-0.2, -0.15) is 0 Å². The summed E-state index contributed by atoms with van der Waals surface area (Å²) in [5.41, 5.74) is 10.1. The first-order valence-corrected chi connectivity index (χ1v) is 18.1. The Labute approximate surface area is 302 Å². The number of nitrogens with one attached hydrogen (secondary N) is 4. The van der Waals surface area contributed by atoms with Crippen LogP contribution in [-0.2, 0) is 25.9 Å². The fraction of sp³-hybridized carbons (Fsp3) is 0.286. The molecule has 2 amide bonds. The number of aliphatic hydroxyl groups excluding tert-OH is 2. The average molecular weight is 697 g/mol. The first-order chi connectivity index (χ1) is 25.3. The maximum absolute atomic E-state index is 13.1. The Balaban J connectivity index is 0.846. The van der Waals surface area contributed by atoms with Gasteiger partial charge in [-0.25, -0.2) is 0 Å². The minimum absolute atomic E-state index is 0.168. The van der Waals surface area contributed by atoms with Crippen molar-refractivity contribution in [3.63, 3.8) is 0 Å². The molecule has 2 aromatic heterocycles. The molecule has 2 aliphatic rings. The van der Waals surface area contributed by atoms with Crippen LogP contribution in [0.1, 0.15) is 43.1 Å². The number of carbonyl (C=O) groups is 2. The van der Waals surface area contributed by atoms with E-state index < -0.39 is 12.2 Å². The molecule has 0 aliphatic carbocycles. The Morgan fingerprint density at radius 1 is 0.635 bits per heavy atom. The SMILES string of the molecule is O=C(NC[C@H](O)CN1CCc2ccccc2C1)c1ccc2[nH]c(-c3ccc4c(c3)CN(C[C@@H](O)CNC(=O)c3cc5ccccc5[nH]3)CC4)cc2c1. The number of aromatic nitrogens is 2. The Morgan fingerprint density at radius 2 is 1.29 bits per heavy atom. The molecule has 4 aromatic carbocycles. The van der Waals surface area contributed by atoms with Crippen LogP contribution >= 0.6 is 0 Å². The van der Waals surface area contributed by atoms with E-state index in [-0.39, 0.29) is 24.9 Å². The second kappa shape index (κ2) is 14.8. The number of fused-ring (bicyclic) bond motifs is 4. The lowest BCUT2D eigenvalue weighted by atomic mass is 9.96. The zero-order chi connectivity index (χ0) is 35.6. The van der Waals surface area contributed by atoms with Crippen LogP contribution in [0.15, 0.2) is 97.1 Å². The number of hydrogen-bond acceptors (Lipinski definition) is 6. The number of benzene rings is 4. The van der Waals surface area contributed by atoms with E-state index >= 15 is 0 Å². The Bertz CT molecular complexity index is 2210. The maximum Gasteiger partial charge on any atom is 0.267 e. The van der Waals surface area contributed by atoms with Gasteiger partial charge in [-0.15, -0.1) is 0 Å². The van der Waals surface area contributed by atoms with Crippen molar-refractivity contribution < 1.29 is 19.8 Å². The van der Waals surface area contributed by atoms with Gasteiger partial charge < -0.3 is 30.8 Å². The minimum Gasteiger partial charge on any atom is -0.390 e. The molecule has 10 nitrogen and oxygen atoms in total. The van der Waals surface area contributed by atoms with E-state index in [1.807, 2.05) is 48.5 Å². The quantitative estimate of drug-likeness (QED) is 0.117. The molecule has 6 N–H and O–H groups in total. The van der Waals surface area contributed by atoms with Gasteiger partial charge in [-0.1, -0.05) is 54.6 Å². The molecule has 6 aromatic rings. The minimum atomic E-state index is -0.700. The summed E-state index contributed by atoms with van der Waals surface area (Å²) in [4.78, 5) is 36.9. The average Bonchev–Trinajstić information content (AvgIpc) is 3.80. The van der Waals surface area contributed by atoms with Crippen LogP contribution in [-0.4, -0.2) is 93.3 Å². The van der Waals surface area contributed by atoms with Crippen LogP contribution in [0.2, 0.25) is 0 Å². The topological polar surface area (TPSA) is 137 Å². The smallest absolute Gasteiger partial charge is 0.267 e. The predicted octanol–water partition coefficient (Wildman–Crippen LogP) is 4.61. The monoisotopic (exact) mass is 696 g/mol. The van der Waals surface area contributed by atoms with Crippen LogP contribution in [0.3, 0.4) is 0 Å². The summed E-state index contributed by atoms with van der Waals surface area (Å²) >= 11 is 0. The second-order valence-corrected chi connectivity index (χ2v) is 14.2. The molecule has 0 spiro atoms. The number of H-pyrrole nitrogens is 2. The Morgan fingerprint density at radius 3 is 2.06 bits per heavy atom. The molecule has 0 unspecified atom stereocenters. The van der Waals surface area contributed by atoms with Gasteiger partial charge in [-0.3, -0.25) is 19.4 Å². The van der Waals surface area contributed by atoms with Crippen LogP contribution < -0.4 is 10.6 Å². The van der Waals surface area contributed by atoms with Crippen molar-refractivity contribution in [2.24, 2.45) is 0 Å². The summed E-state index contributed by atoms with van der Waals surface area (Å²) in [5.74, 6) is -0.440. The lowest BCUT2D eigenvalue weighted by Crippen LogP contribution is -2.42. The van der Waals surface area contributed by atoms with Gasteiger partial charge in [-0.05, 0) is 83.1 Å². The molecule has 266 valence electrons. The van der Waals surface area contributed by atoms with Gasteiger partial charge in [0.25, 0.3) is 11.8 Å². The highest BCUT2D eigenvalue weighted by atomic mass is 16.3. The number of aromatic amines is 2. The summed E-state index contributed by atoms with van der Waals surface area (Å²) in [7, 11) is 0. The number of rotatable bonds is 11. The van der Waals surface area contributed by atoms with Crippen molar-refractivity contribution in [3.8, 4) is 11.3 Å². The Kier molecular flexibility index (Phi) is 9.62. The van der Waals surface area contributed by atoms with Gasteiger partial charge >= 0.3 is 0 Å². The standard InChI is InChI=1S/C42H44N6O4/c49-35(25-47-15-13-27-5-1-2-7-32(27)23-47)21-43-41(51)31-11-12-38-33(18-31)20-39(45-38)30-10-9-28-14-16-48(24-34(28)17-30)26-36(50)22-44-42(52)40-19-29-6-3-4-8-37(29)46-40/h1-12,17-20,35-36,45-46,49-50H,13-16,21-26H2,(H,43,51)(H,44,52)/t35-,36-/m0/s1. The molecular formula is C42H44N6O4. The highest BCUT2D eigenvalue weighted by molar-refractivity contribution is 5.99. The van der Waals surface area contributed by atoms with E-state index in [0.717, 1.165) is 65.5 Å². The van der Waals surface area contributed by atoms with Crippen molar-refractivity contribution in [2.75, 3.05) is 39.3 Å². The Hall–Kier alpha value is -5.26. The van der Waals surface area contributed by atoms with Crippen molar-refractivity contribution in [1.82, 2.24) is 30.4 Å². The first kappa shape index (κ1) is 33.9. The number of hydrogen-bond donors (Lipinski definition) is 6. The van der Waals surface area contributed by atoms with E-state index in [0.29, 0.717) is 30.9 Å². The molecule has 8 rings (SSSR count). The molecule has 2 aliphatic heterocycles. The third-order valence-electron chi connectivity index (χ3n) is 10.4. The second-order valence-electron chi connectivity index (χ2n) is 14.2. The van der Waals surface area contributed by atoms with Gasteiger partial charge in [0.1, 0.15) is 5.69 Å².